The summed E-state index contributed by atoms with van der Waals surface area (Å²) < 4.78 is 16.4. The van der Waals surface area contributed by atoms with Crippen molar-refractivity contribution in [2.75, 3.05) is 26.8 Å². The zero-order chi connectivity index (χ0) is 14.5. The maximum Gasteiger partial charge on any atom is 0.260 e. The number of amides is 1. The molecule has 5 heteroatoms. The van der Waals surface area contributed by atoms with Crippen LogP contribution in [-0.4, -0.2) is 49.8 Å². The second-order valence-electron chi connectivity index (χ2n) is 5.00. The number of hydrogen-bond donors (Lipinski definition) is 0. The van der Waals surface area contributed by atoms with E-state index < -0.39 is 0 Å². The molecule has 5 nitrogen and oxygen atoms in total. The molecular formula is C15H21NO4. The summed E-state index contributed by atoms with van der Waals surface area (Å²) in [4.78, 5) is 14.0. The molecule has 0 saturated carbocycles. The summed E-state index contributed by atoms with van der Waals surface area (Å²) >= 11 is 0. The number of para-hydroxylation sites is 2. The molecule has 1 heterocycles. The lowest BCUT2D eigenvalue weighted by Gasteiger charge is -2.35. The van der Waals surface area contributed by atoms with E-state index in [2.05, 4.69) is 0 Å². The molecule has 1 amide bonds. The molecule has 1 aromatic carbocycles. The second kappa shape index (κ2) is 6.61. The van der Waals surface area contributed by atoms with Crippen LogP contribution in [0.4, 0.5) is 0 Å². The van der Waals surface area contributed by atoms with E-state index in [1.54, 1.807) is 24.1 Å². The Kier molecular flexibility index (Phi) is 4.84. The van der Waals surface area contributed by atoms with Gasteiger partial charge in [-0.1, -0.05) is 12.1 Å². The molecule has 2 unspecified atom stereocenters. The van der Waals surface area contributed by atoms with Gasteiger partial charge in [0.15, 0.2) is 18.1 Å². The molecule has 110 valence electrons. The molecule has 0 aromatic heterocycles. The van der Waals surface area contributed by atoms with Crippen molar-refractivity contribution < 1.29 is 19.0 Å². The molecule has 2 rings (SSSR count). The van der Waals surface area contributed by atoms with Gasteiger partial charge in [0.05, 0.1) is 19.3 Å². The van der Waals surface area contributed by atoms with Gasteiger partial charge in [-0.25, -0.2) is 0 Å². The molecule has 0 radical (unpaired) electrons. The molecule has 1 fully saturated rings. The molecular weight excluding hydrogens is 258 g/mol. The Morgan fingerprint density at radius 1 is 1.25 bits per heavy atom. The van der Waals surface area contributed by atoms with Gasteiger partial charge in [0.1, 0.15) is 0 Å². The van der Waals surface area contributed by atoms with Gasteiger partial charge >= 0.3 is 0 Å². The van der Waals surface area contributed by atoms with Crippen molar-refractivity contribution in [2.24, 2.45) is 0 Å². The number of carbonyl (C=O) groups is 1. The van der Waals surface area contributed by atoms with Gasteiger partial charge in [0, 0.05) is 13.1 Å². The summed E-state index contributed by atoms with van der Waals surface area (Å²) in [5.74, 6) is 1.18. The van der Waals surface area contributed by atoms with E-state index in [1.165, 1.54) is 0 Å². The van der Waals surface area contributed by atoms with Crippen LogP contribution in [0.5, 0.6) is 11.5 Å². The number of carbonyl (C=O) groups excluding carboxylic acids is 1. The number of ether oxygens (including phenoxy) is 3. The minimum Gasteiger partial charge on any atom is -0.493 e. The number of benzene rings is 1. The molecule has 1 aromatic rings. The van der Waals surface area contributed by atoms with E-state index in [0.29, 0.717) is 24.6 Å². The first-order valence-corrected chi connectivity index (χ1v) is 6.79. The summed E-state index contributed by atoms with van der Waals surface area (Å²) in [6.07, 6.45) is 0.128. The van der Waals surface area contributed by atoms with Crippen molar-refractivity contribution in [3.8, 4) is 11.5 Å². The molecule has 1 aliphatic rings. The highest BCUT2D eigenvalue weighted by Crippen LogP contribution is 2.25. The average molecular weight is 279 g/mol. The largest absolute Gasteiger partial charge is 0.493 e. The number of nitrogens with zero attached hydrogens (tertiary/aromatic N) is 1. The van der Waals surface area contributed by atoms with Crippen LogP contribution in [0.15, 0.2) is 24.3 Å². The first-order valence-electron chi connectivity index (χ1n) is 6.79. The van der Waals surface area contributed by atoms with Crippen LogP contribution >= 0.6 is 0 Å². The van der Waals surface area contributed by atoms with Crippen LogP contribution in [0.25, 0.3) is 0 Å². The molecule has 0 aliphatic carbocycles. The molecule has 0 bridgehead atoms. The lowest BCUT2D eigenvalue weighted by Crippen LogP contribution is -2.49. The normalized spacial score (nSPS) is 22.4. The van der Waals surface area contributed by atoms with Crippen molar-refractivity contribution >= 4 is 5.91 Å². The third-order valence-electron chi connectivity index (χ3n) is 3.19. The molecule has 0 spiro atoms. The van der Waals surface area contributed by atoms with Crippen molar-refractivity contribution in [3.05, 3.63) is 24.3 Å². The Balaban J connectivity index is 1.91. The van der Waals surface area contributed by atoms with E-state index in [4.69, 9.17) is 14.2 Å². The zero-order valence-electron chi connectivity index (χ0n) is 12.2. The van der Waals surface area contributed by atoms with Crippen LogP contribution in [-0.2, 0) is 9.53 Å². The lowest BCUT2D eigenvalue weighted by molar-refractivity contribution is -0.145. The average Bonchev–Trinajstić information content (AvgIpc) is 2.44. The minimum absolute atomic E-state index is 0.0137. The van der Waals surface area contributed by atoms with E-state index in [1.807, 2.05) is 26.0 Å². The first-order chi connectivity index (χ1) is 9.60. The van der Waals surface area contributed by atoms with Gasteiger partial charge < -0.3 is 19.1 Å². The fourth-order valence-corrected chi connectivity index (χ4v) is 2.35. The highest BCUT2D eigenvalue weighted by atomic mass is 16.5. The predicted molar refractivity (Wildman–Crippen MR) is 75.1 cm³/mol. The van der Waals surface area contributed by atoms with Gasteiger partial charge in [-0.15, -0.1) is 0 Å². The number of morpholine rings is 1. The fourth-order valence-electron chi connectivity index (χ4n) is 2.35. The van der Waals surface area contributed by atoms with Crippen LogP contribution < -0.4 is 9.47 Å². The number of hydrogen-bond acceptors (Lipinski definition) is 4. The predicted octanol–water partition coefficient (Wildman–Crippen LogP) is 1.71. The summed E-state index contributed by atoms with van der Waals surface area (Å²) in [5.41, 5.74) is 0. The lowest BCUT2D eigenvalue weighted by atomic mass is 10.2. The third kappa shape index (κ3) is 3.63. The molecule has 20 heavy (non-hydrogen) atoms. The highest BCUT2D eigenvalue weighted by Gasteiger charge is 2.26. The van der Waals surface area contributed by atoms with Crippen molar-refractivity contribution in [1.82, 2.24) is 4.90 Å². The quantitative estimate of drug-likeness (QED) is 0.842. The van der Waals surface area contributed by atoms with Crippen LogP contribution in [0.2, 0.25) is 0 Å². The summed E-state index contributed by atoms with van der Waals surface area (Å²) in [6.45, 7) is 5.17. The van der Waals surface area contributed by atoms with Gasteiger partial charge in [0.25, 0.3) is 5.91 Å². The smallest absolute Gasteiger partial charge is 0.260 e. The van der Waals surface area contributed by atoms with Crippen LogP contribution in [0.3, 0.4) is 0 Å². The van der Waals surface area contributed by atoms with Gasteiger partial charge in [-0.05, 0) is 26.0 Å². The first kappa shape index (κ1) is 14.7. The molecule has 2 atom stereocenters. The fraction of sp³-hybridized carbons (Fsp3) is 0.533. The third-order valence-corrected chi connectivity index (χ3v) is 3.19. The van der Waals surface area contributed by atoms with Crippen LogP contribution in [0.1, 0.15) is 13.8 Å². The Labute approximate surface area is 119 Å². The van der Waals surface area contributed by atoms with E-state index in [0.717, 1.165) is 0 Å². The Hall–Kier alpha value is -1.75. The Morgan fingerprint density at radius 2 is 1.85 bits per heavy atom. The monoisotopic (exact) mass is 279 g/mol. The van der Waals surface area contributed by atoms with E-state index in [-0.39, 0.29) is 24.7 Å². The van der Waals surface area contributed by atoms with E-state index >= 15 is 0 Å². The van der Waals surface area contributed by atoms with E-state index in [9.17, 15) is 4.79 Å². The van der Waals surface area contributed by atoms with Gasteiger partial charge in [-0.3, -0.25) is 4.79 Å². The topological polar surface area (TPSA) is 48.0 Å². The maximum atomic E-state index is 12.2. The SMILES string of the molecule is COc1ccccc1OCC(=O)N1CC(C)OC(C)C1. The zero-order valence-corrected chi connectivity index (χ0v) is 12.2. The van der Waals surface area contributed by atoms with Crippen molar-refractivity contribution in [1.29, 1.82) is 0 Å². The maximum absolute atomic E-state index is 12.2. The number of rotatable bonds is 4. The minimum atomic E-state index is -0.0297. The number of methoxy groups -OCH3 is 1. The molecule has 1 aliphatic heterocycles. The Bertz CT molecular complexity index is 453. The summed E-state index contributed by atoms with van der Waals surface area (Å²) in [7, 11) is 1.58. The molecule has 1 saturated heterocycles. The standard InChI is InChI=1S/C15H21NO4/c1-11-8-16(9-12(2)20-11)15(17)10-19-14-7-5-4-6-13(14)18-3/h4-7,11-12H,8-10H2,1-3H3. The highest BCUT2D eigenvalue weighted by molar-refractivity contribution is 5.78. The van der Waals surface area contributed by atoms with Crippen LogP contribution in [0, 0.1) is 0 Å². The van der Waals surface area contributed by atoms with Gasteiger partial charge in [-0.2, -0.15) is 0 Å². The summed E-state index contributed by atoms with van der Waals surface area (Å²) in [6, 6.07) is 7.30. The Morgan fingerprint density at radius 3 is 2.45 bits per heavy atom. The second-order valence-corrected chi connectivity index (χ2v) is 5.00. The van der Waals surface area contributed by atoms with Gasteiger partial charge in [0.2, 0.25) is 0 Å². The summed E-state index contributed by atoms with van der Waals surface area (Å²) in [5, 5.41) is 0. The van der Waals surface area contributed by atoms with Crippen molar-refractivity contribution in [2.45, 2.75) is 26.1 Å². The van der Waals surface area contributed by atoms with Crippen molar-refractivity contribution in [3.63, 3.8) is 0 Å². The molecule has 0 N–H and O–H groups in total.